The summed E-state index contributed by atoms with van der Waals surface area (Å²) in [6, 6.07) is 1.27. The van der Waals surface area contributed by atoms with Crippen LogP contribution in [0.1, 0.15) is 21.7 Å². The van der Waals surface area contributed by atoms with E-state index in [4.69, 9.17) is 0 Å². The number of nitrogens with zero attached hydrogens (tertiary/aromatic N) is 2. The number of carbonyl (C=O) groups excluding carboxylic acids is 1. The van der Waals surface area contributed by atoms with Crippen molar-refractivity contribution < 1.29 is 18.0 Å². The Morgan fingerprint density at radius 1 is 1.15 bits per heavy atom. The molecule has 0 spiro atoms. The lowest BCUT2D eigenvalue weighted by Gasteiger charge is -2.06. The highest BCUT2D eigenvalue weighted by molar-refractivity contribution is 5.94. The molecule has 0 saturated heterocycles. The quantitative estimate of drug-likeness (QED) is 0.877. The van der Waals surface area contributed by atoms with Gasteiger partial charge in [0.1, 0.15) is 0 Å². The third kappa shape index (κ3) is 3.11. The molecular formula is C13H10F3N3O. The fourth-order valence-corrected chi connectivity index (χ4v) is 1.47. The topological polar surface area (TPSA) is 54.9 Å². The fraction of sp³-hybridized carbons (Fsp3) is 0.154. The van der Waals surface area contributed by atoms with Gasteiger partial charge in [-0.1, -0.05) is 0 Å². The van der Waals surface area contributed by atoms with Gasteiger partial charge >= 0.3 is 0 Å². The minimum absolute atomic E-state index is 0.0483. The second kappa shape index (κ2) is 5.68. The second-order valence-corrected chi connectivity index (χ2v) is 4.09. The van der Waals surface area contributed by atoms with Crippen molar-refractivity contribution in [1.29, 1.82) is 0 Å². The minimum Gasteiger partial charge on any atom is -0.346 e. The Hall–Kier alpha value is -2.44. The Balaban J connectivity index is 2.07. The Kier molecular flexibility index (Phi) is 3.97. The molecule has 7 heteroatoms. The van der Waals surface area contributed by atoms with Crippen LogP contribution in [0.25, 0.3) is 0 Å². The van der Waals surface area contributed by atoms with Crippen molar-refractivity contribution in [2.75, 3.05) is 0 Å². The zero-order valence-corrected chi connectivity index (χ0v) is 10.5. The van der Waals surface area contributed by atoms with Gasteiger partial charge in [-0.3, -0.25) is 14.8 Å². The van der Waals surface area contributed by atoms with Gasteiger partial charge in [0, 0.05) is 11.8 Å². The summed E-state index contributed by atoms with van der Waals surface area (Å²) in [5.41, 5.74) is 0.913. The van der Waals surface area contributed by atoms with Crippen LogP contribution in [-0.4, -0.2) is 15.9 Å². The van der Waals surface area contributed by atoms with Crippen molar-refractivity contribution in [1.82, 2.24) is 15.3 Å². The first-order valence-electron chi connectivity index (χ1n) is 5.67. The first kappa shape index (κ1) is 14.0. The third-order valence-corrected chi connectivity index (χ3v) is 2.51. The van der Waals surface area contributed by atoms with Gasteiger partial charge in [-0.25, -0.2) is 13.2 Å². The van der Waals surface area contributed by atoms with Crippen molar-refractivity contribution in [2.24, 2.45) is 0 Å². The van der Waals surface area contributed by atoms with Crippen LogP contribution in [0.5, 0.6) is 0 Å². The number of aryl methyl sites for hydroxylation is 1. The molecule has 4 nitrogen and oxygen atoms in total. The molecule has 1 aromatic heterocycles. The van der Waals surface area contributed by atoms with Gasteiger partial charge in [0.2, 0.25) is 0 Å². The number of halogens is 3. The average molecular weight is 281 g/mol. The maximum atomic E-state index is 13.0. The van der Waals surface area contributed by atoms with E-state index in [-0.39, 0.29) is 12.1 Å². The highest BCUT2D eigenvalue weighted by Gasteiger charge is 2.14. The van der Waals surface area contributed by atoms with Gasteiger partial charge in [0.05, 0.1) is 24.1 Å². The van der Waals surface area contributed by atoms with Gasteiger partial charge in [0.25, 0.3) is 5.91 Å². The van der Waals surface area contributed by atoms with Gasteiger partial charge in [-0.05, 0) is 19.1 Å². The molecule has 20 heavy (non-hydrogen) atoms. The van der Waals surface area contributed by atoms with Gasteiger partial charge < -0.3 is 5.32 Å². The maximum absolute atomic E-state index is 13.0. The molecule has 1 aromatic carbocycles. The van der Waals surface area contributed by atoms with Crippen molar-refractivity contribution in [2.45, 2.75) is 13.5 Å². The van der Waals surface area contributed by atoms with Crippen LogP contribution >= 0.6 is 0 Å². The Morgan fingerprint density at radius 3 is 2.35 bits per heavy atom. The van der Waals surface area contributed by atoms with Crippen molar-refractivity contribution in [3.05, 3.63) is 58.9 Å². The Morgan fingerprint density at radius 2 is 1.80 bits per heavy atom. The summed E-state index contributed by atoms with van der Waals surface area (Å²) in [6.45, 7) is 1.81. The number of aromatic nitrogens is 2. The summed E-state index contributed by atoms with van der Waals surface area (Å²) in [5, 5.41) is 2.41. The predicted octanol–water partition coefficient (Wildman–Crippen LogP) is 2.13. The van der Waals surface area contributed by atoms with E-state index >= 15 is 0 Å². The lowest BCUT2D eigenvalue weighted by atomic mass is 10.2. The zero-order chi connectivity index (χ0) is 14.7. The molecule has 0 bridgehead atoms. The molecule has 0 aliphatic carbocycles. The van der Waals surface area contributed by atoms with Crippen LogP contribution in [0, 0.1) is 24.4 Å². The molecule has 1 amide bonds. The summed E-state index contributed by atoms with van der Waals surface area (Å²) in [7, 11) is 0. The van der Waals surface area contributed by atoms with E-state index in [1.54, 1.807) is 6.92 Å². The highest BCUT2D eigenvalue weighted by Crippen LogP contribution is 2.13. The SMILES string of the molecule is Cc1cnc(CNC(=O)c2cc(F)c(F)c(F)c2)cn1. The predicted molar refractivity (Wildman–Crippen MR) is 64.3 cm³/mol. The van der Waals surface area contributed by atoms with Gasteiger partial charge in [0.15, 0.2) is 17.5 Å². The van der Waals surface area contributed by atoms with E-state index in [9.17, 15) is 18.0 Å². The van der Waals surface area contributed by atoms with Crippen LogP contribution in [-0.2, 0) is 6.54 Å². The summed E-state index contributed by atoms with van der Waals surface area (Å²) in [4.78, 5) is 19.7. The average Bonchev–Trinajstić information content (AvgIpc) is 2.43. The van der Waals surface area contributed by atoms with E-state index in [0.717, 1.165) is 5.69 Å². The molecule has 0 unspecified atom stereocenters. The summed E-state index contributed by atoms with van der Waals surface area (Å²) >= 11 is 0. The molecule has 0 aliphatic rings. The summed E-state index contributed by atoms with van der Waals surface area (Å²) < 4.78 is 38.7. The normalized spacial score (nSPS) is 10.4. The number of carbonyl (C=O) groups is 1. The molecular weight excluding hydrogens is 271 g/mol. The molecule has 0 atom stereocenters. The van der Waals surface area contributed by atoms with Crippen LogP contribution in [0.4, 0.5) is 13.2 Å². The standard InChI is InChI=1S/C13H10F3N3O/c1-7-4-18-9(5-17-7)6-19-13(20)8-2-10(14)12(16)11(15)3-8/h2-5H,6H2,1H3,(H,19,20). The molecule has 1 heterocycles. The van der Waals surface area contributed by atoms with E-state index in [1.807, 2.05) is 0 Å². The third-order valence-electron chi connectivity index (χ3n) is 2.51. The highest BCUT2D eigenvalue weighted by atomic mass is 19.2. The number of amides is 1. The lowest BCUT2D eigenvalue weighted by molar-refractivity contribution is 0.0949. The lowest BCUT2D eigenvalue weighted by Crippen LogP contribution is -2.24. The van der Waals surface area contributed by atoms with Gasteiger partial charge in [-0.2, -0.15) is 0 Å². The molecule has 104 valence electrons. The molecule has 2 rings (SSSR count). The van der Waals surface area contributed by atoms with E-state index in [2.05, 4.69) is 15.3 Å². The van der Waals surface area contributed by atoms with Crippen LogP contribution in [0.15, 0.2) is 24.5 Å². The Labute approximate surface area is 112 Å². The van der Waals surface area contributed by atoms with E-state index in [0.29, 0.717) is 17.8 Å². The zero-order valence-electron chi connectivity index (χ0n) is 10.5. The number of hydrogen-bond donors (Lipinski definition) is 1. The van der Waals surface area contributed by atoms with Gasteiger partial charge in [-0.15, -0.1) is 0 Å². The maximum Gasteiger partial charge on any atom is 0.251 e. The first-order chi connectivity index (χ1) is 9.47. The monoisotopic (exact) mass is 281 g/mol. The first-order valence-corrected chi connectivity index (χ1v) is 5.67. The molecule has 2 aromatic rings. The largest absolute Gasteiger partial charge is 0.346 e. The fourth-order valence-electron chi connectivity index (χ4n) is 1.47. The summed E-state index contributed by atoms with van der Waals surface area (Å²) in [6.07, 6.45) is 3.00. The molecule has 0 saturated carbocycles. The molecule has 0 fully saturated rings. The smallest absolute Gasteiger partial charge is 0.251 e. The minimum atomic E-state index is -1.61. The molecule has 0 radical (unpaired) electrons. The van der Waals surface area contributed by atoms with E-state index in [1.165, 1.54) is 12.4 Å². The molecule has 1 N–H and O–H groups in total. The second-order valence-electron chi connectivity index (χ2n) is 4.09. The number of nitrogens with one attached hydrogen (secondary N) is 1. The van der Waals surface area contributed by atoms with Crippen LogP contribution in [0.3, 0.4) is 0 Å². The van der Waals surface area contributed by atoms with Crippen molar-refractivity contribution >= 4 is 5.91 Å². The van der Waals surface area contributed by atoms with Crippen molar-refractivity contribution in [3.8, 4) is 0 Å². The van der Waals surface area contributed by atoms with Crippen molar-refractivity contribution in [3.63, 3.8) is 0 Å². The van der Waals surface area contributed by atoms with Crippen LogP contribution < -0.4 is 5.32 Å². The van der Waals surface area contributed by atoms with Crippen LogP contribution in [0.2, 0.25) is 0 Å². The van der Waals surface area contributed by atoms with E-state index < -0.39 is 23.4 Å². The summed E-state index contributed by atoms with van der Waals surface area (Å²) in [5.74, 6) is -5.16. The number of rotatable bonds is 3. The number of hydrogen-bond acceptors (Lipinski definition) is 3. The Bertz CT molecular complexity index is 621. The molecule has 0 aliphatic heterocycles. The number of benzene rings is 1.